The number of hydrogen-bond acceptors (Lipinski definition) is 4. The third kappa shape index (κ3) is 3.95. The number of aromatic nitrogens is 2. The number of alkyl halides is 2. The van der Waals surface area contributed by atoms with Crippen molar-refractivity contribution in [3.8, 4) is 28.1 Å². The highest BCUT2D eigenvalue weighted by Gasteiger charge is 2.11. The molecule has 2 N–H and O–H groups in total. The fraction of sp³-hybridized carbons (Fsp3) is 0.0556. The summed E-state index contributed by atoms with van der Waals surface area (Å²) in [6.07, 6.45) is 4.42. The fourth-order valence-corrected chi connectivity index (χ4v) is 2.42. The number of nitrogens with two attached hydrogens (primary N) is 1. The van der Waals surface area contributed by atoms with Crippen molar-refractivity contribution in [1.82, 2.24) is 9.97 Å². The minimum absolute atomic E-state index is 0.0762. The molecule has 0 atom stereocenters. The summed E-state index contributed by atoms with van der Waals surface area (Å²) >= 11 is 0. The zero-order valence-corrected chi connectivity index (χ0v) is 13.0. The molecule has 25 heavy (non-hydrogen) atoms. The van der Waals surface area contributed by atoms with Gasteiger partial charge in [0.15, 0.2) is 5.82 Å². The summed E-state index contributed by atoms with van der Waals surface area (Å²) in [5.41, 5.74) is 8.25. The highest BCUT2D eigenvalue weighted by atomic mass is 19.3. The molecule has 0 aliphatic carbocycles. The van der Waals surface area contributed by atoms with Gasteiger partial charge in [-0.15, -0.1) is 0 Å². The molecule has 3 aromatic rings. The second-order valence-electron chi connectivity index (χ2n) is 4.99. The van der Waals surface area contributed by atoms with Crippen LogP contribution in [0.5, 0.6) is 5.75 Å². The Balaban J connectivity index is 2.06. The van der Waals surface area contributed by atoms with E-state index in [0.717, 1.165) is 11.1 Å². The minimum atomic E-state index is -2.88. The van der Waals surface area contributed by atoms with E-state index in [9.17, 15) is 8.78 Å². The molecule has 0 saturated carbocycles. The zero-order chi connectivity index (χ0) is 17.6. The number of halogens is 2. The van der Waals surface area contributed by atoms with Crippen LogP contribution in [-0.4, -0.2) is 22.9 Å². The molecule has 3 rings (SSSR count). The predicted molar refractivity (Wildman–Crippen MR) is 91.9 cm³/mol. The first-order valence-electron chi connectivity index (χ1n) is 7.38. The lowest BCUT2D eigenvalue weighted by Crippen LogP contribution is -2.01. The zero-order valence-electron chi connectivity index (χ0n) is 13.0. The van der Waals surface area contributed by atoms with Crippen molar-refractivity contribution >= 4 is 12.2 Å². The molecule has 5 nitrogen and oxygen atoms in total. The van der Waals surface area contributed by atoms with Crippen LogP contribution in [-0.2, 0) is 0 Å². The maximum atomic E-state index is 12.4. The largest absolute Gasteiger partial charge is 0.435 e. The third-order valence-corrected chi connectivity index (χ3v) is 3.40. The summed E-state index contributed by atoms with van der Waals surface area (Å²) in [6.45, 7) is -2.88. The van der Waals surface area contributed by atoms with Gasteiger partial charge >= 0.3 is 6.61 Å². The molecule has 0 amide bonds. The van der Waals surface area contributed by atoms with Gasteiger partial charge in [0, 0.05) is 23.5 Å². The highest BCUT2D eigenvalue weighted by molar-refractivity contribution is 5.81. The molecular weight excluding hydrogens is 326 g/mol. The van der Waals surface area contributed by atoms with E-state index in [2.05, 4.69) is 19.7 Å². The Morgan fingerprint density at radius 1 is 1.00 bits per heavy atom. The Bertz CT molecular complexity index is 900. The number of nitrogens with zero attached hydrogens (tertiary/aromatic N) is 3. The molecule has 0 saturated heterocycles. The van der Waals surface area contributed by atoms with E-state index in [1.165, 1.54) is 18.5 Å². The van der Waals surface area contributed by atoms with E-state index in [1.807, 2.05) is 12.1 Å². The van der Waals surface area contributed by atoms with Crippen LogP contribution in [0.3, 0.4) is 0 Å². The maximum Gasteiger partial charge on any atom is 0.387 e. The monoisotopic (exact) mass is 340 g/mol. The first kappa shape index (κ1) is 16.5. The van der Waals surface area contributed by atoms with Gasteiger partial charge in [0.05, 0.1) is 12.0 Å². The van der Waals surface area contributed by atoms with Gasteiger partial charge in [-0.05, 0) is 35.9 Å². The standard InChI is InChI=1S/C18H14F2N4O/c19-18(20)25-14-4-1-3-13(9-14)17-15(5-2-7-23-17)12-6-8-22-16(10-12)24-11-21/h1-11,18H,(H2,21,22,24). The topological polar surface area (TPSA) is 73.4 Å². The van der Waals surface area contributed by atoms with Crippen LogP contribution >= 0.6 is 0 Å². The van der Waals surface area contributed by atoms with Crippen LogP contribution in [0.1, 0.15) is 0 Å². The molecule has 0 radical (unpaired) electrons. The van der Waals surface area contributed by atoms with E-state index in [0.29, 0.717) is 17.1 Å². The van der Waals surface area contributed by atoms with Gasteiger partial charge in [0.25, 0.3) is 0 Å². The Kier molecular flexibility index (Phi) is 4.94. The summed E-state index contributed by atoms with van der Waals surface area (Å²) in [6, 6.07) is 13.7. The first-order chi connectivity index (χ1) is 12.2. The molecule has 0 aliphatic heterocycles. The SMILES string of the molecule is NC=Nc1cc(-c2cccnc2-c2cccc(OC(F)F)c2)ccn1. The summed E-state index contributed by atoms with van der Waals surface area (Å²) in [7, 11) is 0. The summed E-state index contributed by atoms with van der Waals surface area (Å²) < 4.78 is 29.4. The Labute approximate surface area is 142 Å². The number of pyridine rings is 2. The summed E-state index contributed by atoms with van der Waals surface area (Å²) in [5.74, 6) is 0.539. The van der Waals surface area contributed by atoms with Crippen molar-refractivity contribution in [2.24, 2.45) is 10.7 Å². The van der Waals surface area contributed by atoms with Gasteiger partial charge in [-0.25, -0.2) is 9.98 Å². The van der Waals surface area contributed by atoms with Gasteiger partial charge in [-0.3, -0.25) is 4.98 Å². The van der Waals surface area contributed by atoms with E-state index < -0.39 is 6.61 Å². The molecule has 0 spiro atoms. The number of ether oxygens (including phenoxy) is 1. The molecule has 1 aromatic carbocycles. The van der Waals surface area contributed by atoms with Crippen molar-refractivity contribution in [2.45, 2.75) is 6.61 Å². The minimum Gasteiger partial charge on any atom is -0.435 e. The van der Waals surface area contributed by atoms with Crippen LogP contribution in [0, 0.1) is 0 Å². The van der Waals surface area contributed by atoms with E-state index in [-0.39, 0.29) is 5.75 Å². The van der Waals surface area contributed by atoms with Crippen molar-refractivity contribution in [3.05, 3.63) is 60.9 Å². The van der Waals surface area contributed by atoms with Gasteiger partial charge in [0.2, 0.25) is 0 Å². The summed E-state index contributed by atoms with van der Waals surface area (Å²) in [4.78, 5) is 12.5. The van der Waals surface area contributed by atoms with Crippen LogP contribution in [0.4, 0.5) is 14.6 Å². The van der Waals surface area contributed by atoms with Crippen molar-refractivity contribution in [3.63, 3.8) is 0 Å². The third-order valence-electron chi connectivity index (χ3n) is 3.40. The van der Waals surface area contributed by atoms with Crippen molar-refractivity contribution in [2.75, 3.05) is 0 Å². The number of hydrogen-bond donors (Lipinski definition) is 1. The molecule has 2 aromatic heterocycles. The van der Waals surface area contributed by atoms with Crippen LogP contribution in [0.25, 0.3) is 22.4 Å². The fourth-order valence-electron chi connectivity index (χ4n) is 2.42. The average molecular weight is 340 g/mol. The van der Waals surface area contributed by atoms with E-state index in [4.69, 9.17) is 5.73 Å². The molecule has 2 heterocycles. The smallest absolute Gasteiger partial charge is 0.387 e. The lowest BCUT2D eigenvalue weighted by Gasteiger charge is -2.11. The number of aliphatic imine (C=N–C) groups is 1. The lowest BCUT2D eigenvalue weighted by atomic mass is 10.00. The Morgan fingerprint density at radius 2 is 1.88 bits per heavy atom. The second kappa shape index (κ2) is 7.48. The van der Waals surface area contributed by atoms with Crippen LogP contribution in [0.15, 0.2) is 65.9 Å². The lowest BCUT2D eigenvalue weighted by molar-refractivity contribution is -0.0498. The number of rotatable bonds is 5. The molecule has 7 heteroatoms. The maximum absolute atomic E-state index is 12.4. The molecular formula is C18H14F2N4O. The van der Waals surface area contributed by atoms with Gasteiger partial charge < -0.3 is 10.5 Å². The Morgan fingerprint density at radius 3 is 2.68 bits per heavy atom. The number of benzene rings is 1. The van der Waals surface area contributed by atoms with Gasteiger partial charge in [-0.2, -0.15) is 8.78 Å². The average Bonchev–Trinajstić information content (AvgIpc) is 2.62. The second-order valence-corrected chi connectivity index (χ2v) is 4.99. The van der Waals surface area contributed by atoms with Gasteiger partial charge in [-0.1, -0.05) is 18.2 Å². The molecule has 0 unspecified atom stereocenters. The highest BCUT2D eigenvalue weighted by Crippen LogP contribution is 2.33. The molecule has 126 valence electrons. The normalized spacial score (nSPS) is 11.2. The van der Waals surface area contributed by atoms with E-state index in [1.54, 1.807) is 36.7 Å². The van der Waals surface area contributed by atoms with Crippen molar-refractivity contribution < 1.29 is 13.5 Å². The summed E-state index contributed by atoms with van der Waals surface area (Å²) in [5, 5.41) is 0. The van der Waals surface area contributed by atoms with Crippen LogP contribution in [0.2, 0.25) is 0 Å². The van der Waals surface area contributed by atoms with Crippen molar-refractivity contribution in [1.29, 1.82) is 0 Å². The first-order valence-corrected chi connectivity index (χ1v) is 7.38. The van der Waals surface area contributed by atoms with Crippen LogP contribution < -0.4 is 10.5 Å². The van der Waals surface area contributed by atoms with E-state index >= 15 is 0 Å². The van der Waals surface area contributed by atoms with Gasteiger partial charge in [0.1, 0.15) is 5.75 Å². The molecule has 0 bridgehead atoms. The molecule has 0 fully saturated rings. The predicted octanol–water partition coefficient (Wildman–Crippen LogP) is 4.03. The Hall–Kier alpha value is -3.35. The quantitative estimate of drug-likeness (QED) is 0.562. The molecule has 0 aliphatic rings.